The number of benzene rings is 1. The van der Waals surface area contributed by atoms with Gasteiger partial charge in [0.1, 0.15) is 5.82 Å². The molecule has 4 heteroatoms. The van der Waals surface area contributed by atoms with Gasteiger partial charge in [0.05, 0.1) is 17.2 Å². The van der Waals surface area contributed by atoms with Gasteiger partial charge < -0.3 is 10.4 Å². The number of hydrogen-bond acceptors (Lipinski definition) is 2. The number of halogens is 1. The summed E-state index contributed by atoms with van der Waals surface area (Å²) < 4.78 is 13.3. The van der Waals surface area contributed by atoms with Crippen molar-refractivity contribution < 1.29 is 14.3 Å². The molecule has 0 heterocycles. The van der Waals surface area contributed by atoms with Gasteiger partial charge in [-0.05, 0) is 31.9 Å². The third kappa shape index (κ3) is 1.93. The molecular formula is C12H14FNO2. The van der Waals surface area contributed by atoms with E-state index in [0.29, 0.717) is 6.42 Å². The fourth-order valence-corrected chi connectivity index (χ4v) is 1.82. The van der Waals surface area contributed by atoms with Crippen LogP contribution in [0.15, 0.2) is 24.3 Å². The summed E-state index contributed by atoms with van der Waals surface area (Å²) in [6.45, 7) is 1.67. The second kappa shape index (κ2) is 3.87. The van der Waals surface area contributed by atoms with E-state index in [1.54, 1.807) is 13.0 Å². The molecule has 1 amide bonds. The van der Waals surface area contributed by atoms with Gasteiger partial charge in [-0.2, -0.15) is 0 Å². The first kappa shape index (κ1) is 11.1. The predicted octanol–water partition coefficient (Wildman–Crippen LogP) is 1.47. The number of aliphatic hydroxyl groups is 1. The fraction of sp³-hybridized carbons (Fsp3) is 0.417. The Kier molecular flexibility index (Phi) is 2.68. The third-order valence-corrected chi connectivity index (χ3v) is 3.11. The Hall–Kier alpha value is -1.42. The molecule has 1 fully saturated rings. The smallest absolute Gasteiger partial charge is 0.254 e. The highest BCUT2D eigenvalue weighted by Crippen LogP contribution is 2.31. The van der Waals surface area contributed by atoms with Crippen LogP contribution < -0.4 is 5.32 Å². The summed E-state index contributed by atoms with van der Waals surface area (Å²) in [4.78, 5) is 11.7. The Bertz CT molecular complexity index is 417. The largest absolute Gasteiger partial charge is 0.388 e. The van der Waals surface area contributed by atoms with Crippen LogP contribution in [0.3, 0.4) is 0 Å². The molecule has 2 N–H and O–H groups in total. The van der Waals surface area contributed by atoms with Crippen molar-refractivity contribution in [1.82, 2.24) is 5.32 Å². The Morgan fingerprint density at radius 1 is 1.56 bits per heavy atom. The Balaban J connectivity index is 2.07. The van der Waals surface area contributed by atoms with Crippen molar-refractivity contribution in [2.24, 2.45) is 0 Å². The van der Waals surface area contributed by atoms with Gasteiger partial charge in [0.15, 0.2) is 0 Å². The monoisotopic (exact) mass is 223 g/mol. The van der Waals surface area contributed by atoms with Crippen molar-refractivity contribution in [3.8, 4) is 0 Å². The standard InChI is InChI=1S/C12H14FNO2/c1-12(16)7-6-10(12)14-11(15)8-4-2-3-5-9(8)13/h2-5,10,16H,6-7H2,1H3,(H,14,15)/t10-,12-/m1/s1. The molecule has 0 aliphatic heterocycles. The Morgan fingerprint density at radius 3 is 2.75 bits per heavy atom. The van der Waals surface area contributed by atoms with Crippen LogP contribution in [0.25, 0.3) is 0 Å². The molecule has 1 aromatic rings. The molecule has 0 bridgehead atoms. The number of carbonyl (C=O) groups excluding carboxylic acids is 1. The van der Waals surface area contributed by atoms with Crippen molar-refractivity contribution in [3.05, 3.63) is 35.6 Å². The fourth-order valence-electron chi connectivity index (χ4n) is 1.82. The molecule has 2 atom stereocenters. The van der Waals surface area contributed by atoms with E-state index < -0.39 is 17.3 Å². The second-order valence-corrected chi connectivity index (χ2v) is 4.40. The van der Waals surface area contributed by atoms with Crippen LogP contribution in [0.2, 0.25) is 0 Å². The second-order valence-electron chi connectivity index (χ2n) is 4.40. The molecule has 3 nitrogen and oxygen atoms in total. The van der Waals surface area contributed by atoms with Crippen LogP contribution in [0.5, 0.6) is 0 Å². The molecule has 1 aliphatic carbocycles. The summed E-state index contributed by atoms with van der Waals surface area (Å²) in [5.41, 5.74) is -0.841. The first-order chi connectivity index (χ1) is 7.50. The van der Waals surface area contributed by atoms with E-state index in [1.165, 1.54) is 18.2 Å². The zero-order valence-electron chi connectivity index (χ0n) is 9.03. The number of nitrogens with one attached hydrogen (secondary N) is 1. The minimum Gasteiger partial charge on any atom is -0.388 e. The van der Waals surface area contributed by atoms with Crippen molar-refractivity contribution in [2.45, 2.75) is 31.4 Å². The molecule has 0 spiro atoms. The maximum absolute atomic E-state index is 13.3. The van der Waals surface area contributed by atoms with Crippen LogP contribution in [0.4, 0.5) is 4.39 Å². The number of amides is 1. The van der Waals surface area contributed by atoms with Crippen molar-refractivity contribution in [1.29, 1.82) is 0 Å². The van der Waals surface area contributed by atoms with Gasteiger partial charge >= 0.3 is 0 Å². The average Bonchev–Trinajstić information content (AvgIpc) is 2.25. The van der Waals surface area contributed by atoms with Gasteiger partial charge in [-0.25, -0.2) is 4.39 Å². The van der Waals surface area contributed by atoms with Crippen LogP contribution >= 0.6 is 0 Å². The highest BCUT2D eigenvalue weighted by atomic mass is 19.1. The minimum atomic E-state index is -0.860. The summed E-state index contributed by atoms with van der Waals surface area (Å²) in [6, 6.07) is 5.54. The van der Waals surface area contributed by atoms with E-state index in [4.69, 9.17) is 0 Å². The van der Waals surface area contributed by atoms with Crippen molar-refractivity contribution in [2.75, 3.05) is 0 Å². The highest BCUT2D eigenvalue weighted by molar-refractivity contribution is 5.94. The van der Waals surface area contributed by atoms with E-state index in [0.717, 1.165) is 6.42 Å². The first-order valence-electron chi connectivity index (χ1n) is 5.28. The molecule has 1 aromatic carbocycles. The lowest BCUT2D eigenvalue weighted by molar-refractivity contribution is -0.0487. The lowest BCUT2D eigenvalue weighted by Gasteiger charge is -2.42. The molecule has 0 saturated heterocycles. The molecule has 2 rings (SSSR count). The van der Waals surface area contributed by atoms with Gasteiger partial charge in [0, 0.05) is 0 Å². The summed E-state index contributed by atoms with van der Waals surface area (Å²) in [7, 11) is 0. The summed E-state index contributed by atoms with van der Waals surface area (Å²) in [5.74, 6) is -1.01. The topological polar surface area (TPSA) is 49.3 Å². The Labute approximate surface area is 93.3 Å². The van der Waals surface area contributed by atoms with Crippen LogP contribution in [0, 0.1) is 5.82 Å². The zero-order chi connectivity index (χ0) is 11.8. The summed E-state index contributed by atoms with van der Waals surface area (Å²) >= 11 is 0. The lowest BCUT2D eigenvalue weighted by Crippen LogP contribution is -2.58. The molecular weight excluding hydrogens is 209 g/mol. The first-order valence-corrected chi connectivity index (χ1v) is 5.28. The maximum atomic E-state index is 13.3. The van der Waals surface area contributed by atoms with Gasteiger partial charge in [-0.1, -0.05) is 12.1 Å². The molecule has 86 valence electrons. The number of hydrogen-bond donors (Lipinski definition) is 2. The van der Waals surface area contributed by atoms with E-state index in [1.807, 2.05) is 0 Å². The molecule has 0 unspecified atom stereocenters. The highest BCUT2D eigenvalue weighted by Gasteiger charge is 2.41. The average molecular weight is 223 g/mol. The predicted molar refractivity (Wildman–Crippen MR) is 57.5 cm³/mol. The van der Waals surface area contributed by atoms with Crippen molar-refractivity contribution >= 4 is 5.91 Å². The van der Waals surface area contributed by atoms with E-state index in [9.17, 15) is 14.3 Å². The quantitative estimate of drug-likeness (QED) is 0.797. The van der Waals surface area contributed by atoms with Gasteiger partial charge in [0.25, 0.3) is 5.91 Å². The molecule has 16 heavy (non-hydrogen) atoms. The number of carbonyl (C=O) groups is 1. The van der Waals surface area contributed by atoms with E-state index in [2.05, 4.69) is 5.32 Å². The third-order valence-electron chi connectivity index (χ3n) is 3.11. The van der Waals surface area contributed by atoms with Crippen LogP contribution in [0.1, 0.15) is 30.1 Å². The summed E-state index contributed by atoms with van der Waals surface area (Å²) in [5, 5.41) is 12.4. The van der Waals surface area contributed by atoms with Crippen LogP contribution in [-0.4, -0.2) is 22.7 Å². The van der Waals surface area contributed by atoms with Gasteiger partial charge in [-0.15, -0.1) is 0 Å². The van der Waals surface area contributed by atoms with Crippen LogP contribution in [-0.2, 0) is 0 Å². The van der Waals surface area contributed by atoms with Crippen molar-refractivity contribution in [3.63, 3.8) is 0 Å². The van der Waals surface area contributed by atoms with Gasteiger partial charge in [-0.3, -0.25) is 4.79 Å². The number of rotatable bonds is 2. The maximum Gasteiger partial charge on any atom is 0.254 e. The summed E-state index contributed by atoms with van der Waals surface area (Å²) in [6.07, 6.45) is 1.39. The minimum absolute atomic E-state index is 0.0187. The normalized spacial score (nSPS) is 28.3. The molecule has 1 aliphatic rings. The molecule has 0 radical (unpaired) electrons. The lowest BCUT2D eigenvalue weighted by atomic mass is 9.76. The molecule has 0 aromatic heterocycles. The SMILES string of the molecule is C[C@@]1(O)CC[C@H]1NC(=O)c1ccccc1F. The van der Waals surface area contributed by atoms with Gasteiger partial charge in [0.2, 0.25) is 0 Å². The van der Waals surface area contributed by atoms with E-state index in [-0.39, 0.29) is 11.6 Å². The van der Waals surface area contributed by atoms with E-state index >= 15 is 0 Å². The zero-order valence-corrected chi connectivity index (χ0v) is 9.03. The molecule has 1 saturated carbocycles. The Morgan fingerprint density at radius 2 is 2.25 bits per heavy atom.